The molecule has 0 saturated carbocycles. The predicted octanol–water partition coefficient (Wildman–Crippen LogP) is 3.55. The standard InChI is InChI=1S/C22H24N4O3S/c1-3-25(4-2)30(28,29)21-12-8-9-19(15-21)24-22(27)14-13-18-16-23-26(17-18)20-10-6-5-7-11-20/h5-17H,3-4H2,1-2H3,(H,24,27). The third kappa shape index (κ3) is 5.03. The summed E-state index contributed by atoms with van der Waals surface area (Å²) in [6.45, 7) is 4.35. The first-order chi connectivity index (χ1) is 14.4. The van der Waals surface area contributed by atoms with Crippen molar-refractivity contribution in [3.8, 4) is 5.69 Å². The Labute approximate surface area is 176 Å². The highest BCUT2D eigenvalue weighted by Gasteiger charge is 2.21. The highest BCUT2D eigenvalue weighted by atomic mass is 32.2. The summed E-state index contributed by atoms with van der Waals surface area (Å²) in [6, 6.07) is 15.9. The predicted molar refractivity (Wildman–Crippen MR) is 118 cm³/mol. The molecule has 0 spiro atoms. The van der Waals surface area contributed by atoms with Gasteiger partial charge in [-0.1, -0.05) is 38.1 Å². The van der Waals surface area contributed by atoms with Crippen LogP contribution in [-0.4, -0.2) is 41.5 Å². The number of hydrogen-bond acceptors (Lipinski definition) is 4. The van der Waals surface area contributed by atoms with Crippen molar-refractivity contribution in [3.63, 3.8) is 0 Å². The van der Waals surface area contributed by atoms with Gasteiger partial charge >= 0.3 is 0 Å². The molecule has 0 aliphatic heterocycles. The highest BCUT2D eigenvalue weighted by Crippen LogP contribution is 2.19. The van der Waals surface area contributed by atoms with Crippen LogP contribution in [0.2, 0.25) is 0 Å². The monoisotopic (exact) mass is 424 g/mol. The Morgan fingerprint density at radius 2 is 1.83 bits per heavy atom. The first-order valence-electron chi connectivity index (χ1n) is 9.63. The van der Waals surface area contributed by atoms with Crippen molar-refractivity contribution >= 4 is 27.7 Å². The Morgan fingerprint density at radius 3 is 2.53 bits per heavy atom. The minimum Gasteiger partial charge on any atom is -0.322 e. The van der Waals surface area contributed by atoms with Crippen LogP contribution in [0.25, 0.3) is 11.8 Å². The van der Waals surface area contributed by atoms with Crippen LogP contribution in [0.15, 0.2) is 78.0 Å². The maximum atomic E-state index is 12.7. The number of carbonyl (C=O) groups is 1. The fourth-order valence-corrected chi connectivity index (χ4v) is 4.45. The van der Waals surface area contributed by atoms with E-state index in [1.54, 1.807) is 42.9 Å². The van der Waals surface area contributed by atoms with Gasteiger partial charge in [0.05, 0.1) is 16.8 Å². The van der Waals surface area contributed by atoms with E-state index in [9.17, 15) is 13.2 Å². The van der Waals surface area contributed by atoms with Crippen LogP contribution in [0.4, 0.5) is 5.69 Å². The summed E-state index contributed by atoms with van der Waals surface area (Å²) < 4.78 is 28.4. The molecule has 156 valence electrons. The molecular formula is C22H24N4O3S. The number of para-hydroxylation sites is 1. The molecule has 1 amide bonds. The van der Waals surface area contributed by atoms with Gasteiger partial charge in [0, 0.05) is 36.6 Å². The molecule has 0 bridgehead atoms. The van der Waals surface area contributed by atoms with Gasteiger partial charge in [-0.15, -0.1) is 0 Å². The largest absolute Gasteiger partial charge is 0.322 e. The number of anilines is 1. The van der Waals surface area contributed by atoms with E-state index < -0.39 is 10.0 Å². The molecule has 2 aromatic carbocycles. The summed E-state index contributed by atoms with van der Waals surface area (Å²) in [5.74, 6) is -0.361. The summed E-state index contributed by atoms with van der Waals surface area (Å²) in [4.78, 5) is 12.4. The van der Waals surface area contributed by atoms with Crippen LogP contribution in [0.3, 0.4) is 0 Å². The van der Waals surface area contributed by atoms with Gasteiger partial charge in [-0.05, 0) is 36.4 Å². The van der Waals surface area contributed by atoms with E-state index in [1.807, 2.05) is 36.5 Å². The average Bonchev–Trinajstić information content (AvgIpc) is 3.23. The van der Waals surface area contributed by atoms with Gasteiger partial charge in [-0.25, -0.2) is 13.1 Å². The van der Waals surface area contributed by atoms with Crippen LogP contribution >= 0.6 is 0 Å². The lowest BCUT2D eigenvalue weighted by molar-refractivity contribution is -0.111. The molecule has 3 aromatic rings. The van der Waals surface area contributed by atoms with Gasteiger partial charge in [0.1, 0.15) is 0 Å². The third-order valence-electron chi connectivity index (χ3n) is 4.50. The van der Waals surface area contributed by atoms with Gasteiger partial charge in [0.15, 0.2) is 0 Å². The lowest BCUT2D eigenvalue weighted by Gasteiger charge is -2.18. The van der Waals surface area contributed by atoms with Crippen molar-refractivity contribution in [3.05, 3.63) is 78.6 Å². The molecule has 0 fully saturated rings. The molecule has 0 aliphatic rings. The quantitative estimate of drug-likeness (QED) is 0.561. The zero-order valence-corrected chi connectivity index (χ0v) is 17.7. The molecule has 0 saturated heterocycles. The van der Waals surface area contributed by atoms with Crippen molar-refractivity contribution < 1.29 is 13.2 Å². The van der Waals surface area contributed by atoms with Gasteiger partial charge in [0.25, 0.3) is 0 Å². The number of nitrogens with zero attached hydrogens (tertiary/aromatic N) is 3. The number of hydrogen-bond donors (Lipinski definition) is 1. The molecule has 0 atom stereocenters. The molecule has 1 N–H and O–H groups in total. The zero-order chi connectivity index (χ0) is 21.6. The fraction of sp³-hybridized carbons (Fsp3) is 0.182. The Morgan fingerprint density at radius 1 is 1.10 bits per heavy atom. The number of sulfonamides is 1. The van der Waals surface area contributed by atoms with Gasteiger partial charge < -0.3 is 5.32 Å². The summed E-state index contributed by atoms with van der Waals surface area (Å²) in [7, 11) is -3.59. The minimum absolute atomic E-state index is 0.150. The van der Waals surface area contributed by atoms with Crippen LogP contribution in [0, 0.1) is 0 Å². The molecule has 1 heterocycles. The van der Waals surface area contributed by atoms with E-state index in [-0.39, 0.29) is 10.8 Å². The smallest absolute Gasteiger partial charge is 0.248 e. The SMILES string of the molecule is CCN(CC)S(=O)(=O)c1cccc(NC(=O)C=Cc2cnn(-c3ccccc3)c2)c1. The lowest BCUT2D eigenvalue weighted by Crippen LogP contribution is -2.30. The van der Waals surface area contributed by atoms with E-state index in [1.165, 1.54) is 22.5 Å². The second-order valence-electron chi connectivity index (χ2n) is 6.49. The zero-order valence-electron chi connectivity index (χ0n) is 16.9. The minimum atomic E-state index is -3.59. The maximum Gasteiger partial charge on any atom is 0.248 e. The summed E-state index contributed by atoms with van der Waals surface area (Å²) in [5.41, 5.74) is 2.11. The molecule has 3 rings (SSSR count). The van der Waals surface area contributed by atoms with Gasteiger partial charge in [-0.3, -0.25) is 4.79 Å². The summed E-state index contributed by atoms with van der Waals surface area (Å²) in [5, 5.41) is 6.98. The number of nitrogens with one attached hydrogen (secondary N) is 1. The number of aromatic nitrogens is 2. The summed E-state index contributed by atoms with van der Waals surface area (Å²) >= 11 is 0. The van der Waals surface area contributed by atoms with Crippen LogP contribution < -0.4 is 5.32 Å². The molecule has 8 heteroatoms. The molecule has 0 radical (unpaired) electrons. The second kappa shape index (κ2) is 9.51. The van der Waals surface area contributed by atoms with E-state index in [2.05, 4.69) is 10.4 Å². The molecule has 0 aliphatic carbocycles. The third-order valence-corrected chi connectivity index (χ3v) is 6.54. The Bertz CT molecular complexity index is 1130. The first-order valence-corrected chi connectivity index (χ1v) is 11.1. The van der Waals surface area contributed by atoms with Crippen molar-refractivity contribution in [2.45, 2.75) is 18.7 Å². The van der Waals surface area contributed by atoms with Gasteiger partial charge in [0.2, 0.25) is 15.9 Å². The topological polar surface area (TPSA) is 84.3 Å². The van der Waals surface area contributed by atoms with E-state index in [4.69, 9.17) is 0 Å². The molecule has 30 heavy (non-hydrogen) atoms. The number of rotatable bonds is 8. The van der Waals surface area contributed by atoms with Crippen molar-refractivity contribution in [2.24, 2.45) is 0 Å². The molecule has 1 aromatic heterocycles. The molecular weight excluding hydrogens is 400 g/mol. The van der Waals surface area contributed by atoms with Crippen molar-refractivity contribution in [1.82, 2.24) is 14.1 Å². The van der Waals surface area contributed by atoms with E-state index >= 15 is 0 Å². The van der Waals surface area contributed by atoms with E-state index in [0.29, 0.717) is 18.8 Å². The Balaban J connectivity index is 1.69. The highest BCUT2D eigenvalue weighted by molar-refractivity contribution is 7.89. The Kier molecular flexibility index (Phi) is 6.81. The average molecular weight is 425 g/mol. The van der Waals surface area contributed by atoms with Crippen LogP contribution in [0.5, 0.6) is 0 Å². The summed E-state index contributed by atoms with van der Waals surface area (Å²) in [6.07, 6.45) is 6.51. The molecule has 7 nitrogen and oxygen atoms in total. The Hall–Kier alpha value is -3.23. The molecule has 0 unspecified atom stereocenters. The lowest BCUT2D eigenvalue weighted by atomic mass is 10.3. The normalized spacial score (nSPS) is 11.8. The van der Waals surface area contributed by atoms with Gasteiger partial charge in [-0.2, -0.15) is 9.40 Å². The van der Waals surface area contributed by atoms with E-state index in [0.717, 1.165) is 11.3 Å². The van der Waals surface area contributed by atoms with Crippen molar-refractivity contribution in [1.29, 1.82) is 0 Å². The maximum absolute atomic E-state index is 12.7. The van der Waals surface area contributed by atoms with Crippen LogP contribution in [0.1, 0.15) is 19.4 Å². The van der Waals surface area contributed by atoms with Crippen LogP contribution in [-0.2, 0) is 14.8 Å². The number of amides is 1. The number of benzene rings is 2. The first kappa shape index (κ1) is 21.5. The number of carbonyl (C=O) groups excluding carboxylic acids is 1. The fourth-order valence-electron chi connectivity index (χ4n) is 2.95. The second-order valence-corrected chi connectivity index (χ2v) is 8.43. The van der Waals surface area contributed by atoms with Crippen molar-refractivity contribution in [2.75, 3.05) is 18.4 Å².